The molecule has 0 aromatic carbocycles. The summed E-state index contributed by atoms with van der Waals surface area (Å²) in [6, 6.07) is -0.462. The number of hydrogen-bond donors (Lipinski definition) is 5. The molecule has 6 heteroatoms. The van der Waals surface area contributed by atoms with Crippen LogP contribution in [0, 0.1) is 5.92 Å². The Balaban J connectivity index is 2.29. The Hall–Kier alpha value is -0.690. The standard InChI is InChI=1S/C8H13NO5/c10-5-4(7(12)13)3-1-2-8(14,9-3)6(5)11/h3-6,9-11,14H,1-2H2,(H,12,13)/t3-,4+,5-,6+,8-/m1/s1. The summed E-state index contributed by atoms with van der Waals surface area (Å²) < 4.78 is 0. The van der Waals surface area contributed by atoms with Crippen molar-refractivity contribution in [1.29, 1.82) is 0 Å². The quantitative estimate of drug-likeness (QED) is 0.333. The minimum atomic E-state index is -1.52. The van der Waals surface area contributed by atoms with Crippen LogP contribution in [0.15, 0.2) is 0 Å². The molecule has 2 heterocycles. The molecular weight excluding hydrogens is 190 g/mol. The zero-order valence-corrected chi connectivity index (χ0v) is 7.42. The smallest absolute Gasteiger partial charge is 0.310 e. The van der Waals surface area contributed by atoms with Gasteiger partial charge >= 0.3 is 5.97 Å². The summed E-state index contributed by atoms with van der Waals surface area (Å²) in [5.41, 5.74) is -1.52. The number of piperidine rings is 1. The SMILES string of the molecule is O=C(O)[C@@H]1[C@@H](O)[C@H](O)[C@]2(O)CC[C@H]1N2. The van der Waals surface area contributed by atoms with Gasteiger partial charge in [0.15, 0.2) is 0 Å². The maximum atomic E-state index is 10.8. The molecule has 0 aliphatic carbocycles. The first-order valence-corrected chi connectivity index (χ1v) is 4.55. The Morgan fingerprint density at radius 3 is 2.64 bits per heavy atom. The summed E-state index contributed by atoms with van der Waals surface area (Å²) in [6.07, 6.45) is -2.14. The second kappa shape index (κ2) is 2.90. The first-order chi connectivity index (χ1) is 6.46. The first-order valence-electron chi connectivity index (χ1n) is 4.55. The highest BCUT2D eigenvalue weighted by molar-refractivity contribution is 5.72. The van der Waals surface area contributed by atoms with Crippen LogP contribution in [0.5, 0.6) is 0 Å². The molecule has 14 heavy (non-hydrogen) atoms. The second-order valence-electron chi connectivity index (χ2n) is 4.01. The molecule has 0 unspecified atom stereocenters. The van der Waals surface area contributed by atoms with E-state index < -0.39 is 35.9 Å². The largest absolute Gasteiger partial charge is 0.481 e. The summed E-state index contributed by atoms with van der Waals surface area (Å²) in [4.78, 5) is 10.8. The number of nitrogens with one attached hydrogen (secondary N) is 1. The predicted molar refractivity (Wildman–Crippen MR) is 44.2 cm³/mol. The van der Waals surface area contributed by atoms with Gasteiger partial charge in [0.2, 0.25) is 0 Å². The molecule has 2 aliphatic rings. The van der Waals surface area contributed by atoms with E-state index in [-0.39, 0.29) is 6.42 Å². The third-order valence-electron chi connectivity index (χ3n) is 3.17. The fourth-order valence-corrected chi connectivity index (χ4v) is 2.38. The molecule has 2 aliphatic heterocycles. The van der Waals surface area contributed by atoms with Crippen LogP contribution in [0.25, 0.3) is 0 Å². The Kier molecular flexibility index (Phi) is 2.04. The summed E-state index contributed by atoms with van der Waals surface area (Å²) in [7, 11) is 0. The van der Waals surface area contributed by atoms with E-state index in [1.165, 1.54) is 0 Å². The van der Waals surface area contributed by atoms with Gasteiger partial charge in [0.1, 0.15) is 17.7 Å². The van der Waals surface area contributed by atoms with Gasteiger partial charge in [0, 0.05) is 6.04 Å². The van der Waals surface area contributed by atoms with Crippen LogP contribution in [-0.2, 0) is 4.79 Å². The first kappa shape index (κ1) is 9.85. The third-order valence-corrected chi connectivity index (χ3v) is 3.17. The third kappa shape index (κ3) is 1.15. The molecule has 2 fully saturated rings. The van der Waals surface area contributed by atoms with Crippen LogP contribution in [-0.4, -0.2) is 50.4 Å². The van der Waals surface area contributed by atoms with E-state index in [2.05, 4.69) is 5.32 Å². The van der Waals surface area contributed by atoms with Crippen LogP contribution < -0.4 is 5.32 Å². The average molecular weight is 203 g/mol. The second-order valence-corrected chi connectivity index (χ2v) is 4.01. The maximum absolute atomic E-state index is 10.8. The van der Waals surface area contributed by atoms with Crippen molar-refractivity contribution in [2.75, 3.05) is 0 Å². The fraction of sp³-hybridized carbons (Fsp3) is 0.875. The molecule has 0 aromatic heterocycles. The van der Waals surface area contributed by atoms with Crippen molar-refractivity contribution in [3.8, 4) is 0 Å². The lowest BCUT2D eigenvalue weighted by molar-refractivity contribution is -0.184. The van der Waals surface area contributed by atoms with E-state index in [0.717, 1.165) is 0 Å². The number of carboxylic acids is 1. The van der Waals surface area contributed by atoms with E-state index in [4.69, 9.17) is 5.11 Å². The van der Waals surface area contributed by atoms with E-state index in [1.807, 2.05) is 0 Å². The highest BCUT2D eigenvalue weighted by Gasteiger charge is 2.57. The van der Waals surface area contributed by atoms with Gasteiger partial charge in [-0.25, -0.2) is 0 Å². The Labute approximate surface area is 80.2 Å². The molecule has 0 saturated carbocycles. The highest BCUT2D eigenvalue weighted by atomic mass is 16.4. The van der Waals surface area contributed by atoms with E-state index in [9.17, 15) is 20.1 Å². The van der Waals surface area contributed by atoms with Crippen molar-refractivity contribution in [2.45, 2.75) is 36.8 Å². The van der Waals surface area contributed by atoms with Crippen molar-refractivity contribution in [3.63, 3.8) is 0 Å². The summed E-state index contributed by atoms with van der Waals surface area (Å²) in [6.45, 7) is 0. The predicted octanol–water partition coefficient (Wildman–Crippen LogP) is -2.14. The highest BCUT2D eigenvalue weighted by Crippen LogP contribution is 2.37. The van der Waals surface area contributed by atoms with Gasteiger partial charge in [-0.05, 0) is 12.8 Å². The molecule has 6 nitrogen and oxygen atoms in total. The molecule has 2 saturated heterocycles. The number of aliphatic hydroxyl groups excluding tert-OH is 2. The number of aliphatic hydroxyl groups is 3. The van der Waals surface area contributed by atoms with Crippen molar-refractivity contribution in [1.82, 2.24) is 5.32 Å². The zero-order chi connectivity index (χ0) is 10.5. The van der Waals surface area contributed by atoms with Gasteiger partial charge in [0.25, 0.3) is 0 Å². The number of fused-ring (bicyclic) bond motifs is 2. The van der Waals surface area contributed by atoms with E-state index in [0.29, 0.717) is 6.42 Å². The lowest BCUT2D eigenvalue weighted by Crippen LogP contribution is -2.66. The van der Waals surface area contributed by atoms with Crippen LogP contribution in [0.3, 0.4) is 0 Å². The molecule has 2 rings (SSSR count). The molecule has 5 N–H and O–H groups in total. The van der Waals surface area contributed by atoms with Crippen molar-refractivity contribution in [3.05, 3.63) is 0 Å². The number of carboxylic acid groups (broad SMARTS) is 1. The molecule has 5 atom stereocenters. The summed E-state index contributed by atoms with van der Waals surface area (Å²) in [5.74, 6) is -2.20. The molecule has 0 amide bonds. The Bertz CT molecular complexity index is 270. The fourth-order valence-electron chi connectivity index (χ4n) is 2.38. The van der Waals surface area contributed by atoms with Crippen LogP contribution >= 0.6 is 0 Å². The van der Waals surface area contributed by atoms with Gasteiger partial charge in [-0.2, -0.15) is 0 Å². The molecule has 80 valence electrons. The number of hydrogen-bond acceptors (Lipinski definition) is 5. The zero-order valence-electron chi connectivity index (χ0n) is 7.42. The van der Waals surface area contributed by atoms with Gasteiger partial charge < -0.3 is 20.4 Å². The summed E-state index contributed by atoms with van der Waals surface area (Å²) in [5, 5.41) is 40.3. The Morgan fingerprint density at radius 1 is 1.43 bits per heavy atom. The average Bonchev–Trinajstić information content (AvgIpc) is 2.43. The molecule has 0 spiro atoms. The number of aliphatic carboxylic acids is 1. The Morgan fingerprint density at radius 2 is 2.07 bits per heavy atom. The van der Waals surface area contributed by atoms with E-state index >= 15 is 0 Å². The van der Waals surface area contributed by atoms with Crippen LogP contribution in [0.1, 0.15) is 12.8 Å². The maximum Gasteiger partial charge on any atom is 0.310 e. The molecular formula is C8H13NO5. The van der Waals surface area contributed by atoms with Gasteiger partial charge in [-0.3, -0.25) is 10.1 Å². The van der Waals surface area contributed by atoms with E-state index in [1.54, 1.807) is 0 Å². The normalized spacial score (nSPS) is 51.9. The lowest BCUT2D eigenvalue weighted by atomic mass is 9.86. The summed E-state index contributed by atoms with van der Waals surface area (Å²) >= 11 is 0. The van der Waals surface area contributed by atoms with Crippen molar-refractivity contribution >= 4 is 5.97 Å². The molecule has 2 bridgehead atoms. The van der Waals surface area contributed by atoms with Gasteiger partial charge in [0.05, 0.1) is 6.10 Å². The van der Waals surface area contributed by atoms with Crippen LogP contribution in [0.2, 0.25) is 0 Å². The number of carbonyl (C=O) groups is 1. The van der Waals surface area contributed by atoms with Crippen molar-refractivity contribution < 1.29 is 25.2 Å². The van der Waals surface area contributed by atoms with Gasteiger partial charge in [-0.15, -0.1) is 0 Å². The minimum absolute atomic E-state index is 0.264. The topological polar surface area (TPSA) is 110 Å². The van der Waals surface area contributed by atoms with Gasteiger partial charge in [-0.1, -0.05) is 0 Å². The van der Waals surface area contributed by atoms with Crippen molar-refractivity contribution in [2.24, 2.45) is 5.92 Å². The molecule has 0 radical (unpaired) electrons. The molecule has 0 aromatic rings. The number of rotatable bonds is 1. The van der Waals surface area contributed by atoms with Crippen LogP contribution in [0.4, 0.5) is 0 Å². The monoisotopic (exact) mass is 203 g/mol. The lowest BCUT2D eigenvalue weighted by Gasteiger charge is -2.41. The minimum Gasteiger partial charge on any atom is -0.481 e.